The highest BCUT2D eigenvalue weighted by atomic mass is 35.5. The Kier molecular flexibility index (Phi) is 10.6. The van der Waals surface area contributed by atoms with E-state index in [1.807, 2.05) is 6.07 Å². The minimum absolute atomic E-state index is 0.0407. The molecule has 14 nitrogen and oxygen atoms in total. The van der Waals surface area contributed by atoms with Crippen molar-refractivity contribution in [1.82, 2.24) is 29.7 Å². The van der Waals surface area contributed by atoms with Crippen LogP contribution in [0.15, 0.2) is 73.3 Å². The van der Waals surface area contributed by atoms with E-state index in [0.29, 0.717) is 82.2 Å². The Hall–Kier alpha value is -5.68. The highest BCUT2D eigenvalue weighted by molar-refractivity contribution is 6.31. The van der Waals surface area contributed by atoms with Crippen LogP contribution in [0.5, 0.6) is 11.5 Å². The molecule has 4 aromatic carbocycles. The number of anilines is 5. The SMILES string of the molecule is CN1CC2C(COc3cc4ncnc(Nc5ccc(F)c(Cl)c5)c4cc3N)C2C1.CN1CC2C(COc3cc4ncnc(Nc5ccc(F)c(Cl)c5)c4cc3[N+](=O)[O-])C2C1. The van der Waals surface area contributed by atoms with Gasteiger partial charge < -0.3 is 35.6 Å². The molecule has 4 heterocycles. The molecule has 0 bridgehead atoms. The lowest BCUT2D eigenvalue weighted by molar-refractivity contribution is -0.385. The van der Waals surface area contributed by atoms with E-state index in [0.717, 1.165) is 48.9 Å². The molecular weight excluding hydrogens is 817 g/mol. The lowest BCUT2D eigenvalue weighted by atomic mass is 10.2. The topological polar surface area (TPSA) is 170 Å². The molecule has 4 atom stereocenters. The Labute approximate surface area is 353 Å². The number of hydrogen-bond donors (Lipinski definition) is 3. The molecule has 18 heteroatoms. The van der Waals surface area contributed by atoms with Crippen molar-refractivity contribution in [3.63, 3.8) is 0 Å². The van der Waals surface area contributed by atoms with Crippen LogP contribution >= 0.6 is 23.2 Å². The number of piperidine rings is 2. The van der Waals surface area contributed by atoms with E-state index in [1.165, 1.54) is 49.1 Å². The Balaban J connectivity index is 0.000000154. The van der Waals surface area contributed by atoms with Crippen LogP contribution in [0.3, 0.4) is 0 Å². The van der Waals surface area contributed by atoms with E-state index in [2.05, 4.69) is 54.5 Å². The molecule has 2 aromatic heterocycles. The molecule has 60 heavy (non-hydrogen) atoms. The first-order chi connectivity index (χ1) is 28.9. The first kappa shape index (κ1) is 39.8. The maximum atomic E-state index is 13.4. The summed E-state index contributed by atoms with van der Waals surface area (Å²) in [6.45, 7) is 5.55. The third-order valence-electron chi connectivity index (χ3n) is 12.0. The number of hydrogen-bond acceptors (Lipinski definition) is 13. The molecule has 0 amide bonds. The number of nitrogens with two attached hydrogens (primary N) is 1. The normalized spacial score (nSPS) is 22.8. The molecule has 4 unspecified atom stereocenters. The molecule has 2 aliphatic carbocycles. The molecule has 2 saturated carbocycles. The largest absolute Gasteiger partial charge is 0.491 e. The van der Waals surface area contributed by atoms with E-state index in [1.54, 1.807) is 18.2 Å². The van der Waals surface area contributed by atoms with Gasteiger partial charge in [-0.1, -0.05) is 23.2 Å². The average molecular weight is 858 g/mol. The predicted molar refractivity (Wildman–Crippen MR) is 226 cm³/mol. The van der Waals surface area contributed by atoms with Gasteiger partial charge in [0.1, 0.15) is 41.7 Å². The summed E-state index contributed by atoms with van der Waals surface area (Å²) in [6, 6.07) is 15.2. The molecular formula is C42H40Cl2F2N10O4. The predicted octanol–water partition coefficient (Wildman–Crippen LogP) is 8.20. The van der Waals surface area contributed by atoms with Crippen molar-refractivity contribution in [2.45, 2.75) is 0 Å². The van der Waals surface area contributed by atoms with Gasteiger partial charge in [0, 0.05) is 73.0 Å². The smallest absolute Gasteiger partial charge is 0.311 e. The van der Waals surface area contributed by atoms with Gasteiger partial charge in [-0.15, -0.1) is 0 Å². The fraction of sp³-hybridized carbons (Fsp3) is 0.333. The summed E-state index contributed by atoms with van der Waals surface area (Å²) in [6.07, 6.45) is 2.82. The highest BCUT2D eigenvalue weighted by Gasteiger charge is 2.55. The second-order valence-electron chi connectivity index (χ2n) is 16.0. The number of benzene rings is 4. The lowest BCUT2D eigenvalue weighted by Gasteiger charge is -2.15. The van der Waals surface area contributed by atoms with Crippen LogP contribution in [0.25, 0.3) is 21.8 Å². The van der Waals surface area contributed by atoms with Gasteiger partial charge in [0.2, 0.25) is 0 Å². The van der Waals surface area contributed by atoms with Crippen LogP contribution in [-0.2, 0) is 0 Å². The van der Waals surface area contributed by atoms with Crippen LogP contribution < -0.4 is 25.8 Å². The van der Waals surface area contributed by atoms with Gasteiger partial charge in [-0.25, -0.2) is 28.7 Å². The fourth-order valence-corrected chi connectivity index (χ4v) is 9.12. The van der Waals surface area contributed by atoms with Crippen LogP contribution in [0, 0.1) is 57.3 Å². The quantitative estimate of drug-likeness (QED) is 0.0648. The molecule has 0 radical (unpaired) electrons. The summed E-state index contributed by atoms with van der Waals surface area (Å²) in [5.41, 5.74) is 8.98. The number of nitrogens with zero attached hydrogens (tertiary/aromatic N) is 7. The zero-order valence-electron chi connectivity index (χ0n) is 32.5. The van der Waals surface area contributed by atoms with Crippen LogP contribution in [-0.4, -0.2) is 88.1 Å². The third-order valence-corrected chi connectivity index (χ3v) is 12.6. The van der Waals surface area contributed by atoms with Crippen molar-refractivity contribution in [3.8, 4) is 11.5 Å². The summed E-state index contributed by atoms with van der Waals surface area (Å²) < 4.78 is 38.8. The van der Waals surface area contributed by atoms with E-state index in [9.17, 15) is 18.9 Å². The van der Waals surface area contributed by atoms with Crippen LogP contribution in [0.2, 0.25) is 10.0 Å². The van der Waals surface area contributed by atoms with Crippen molar-refractivity contribution in [1.29, 1.82) is 0 Å². The highest BCUT2D eigenvalue weighted by Crippen LogP contribution is 2.52. The Morgan fingerprint density at radius 3 is 1.63 bits per heavy atom. The van der Waals surface area contributed by atoms with E-state index in [-0.39, 0.29) is 21.5 Å². The summed E-state index contributed by atoms with van der Waals surface area (Å²) in [5.74, 6) is 4.55. The molecule has 4 aliphatic rings. The minimum Gasteiger partial charge on any atom is -0.491 e. The molecule has 4 N–H and O–H groups in total. The van der Waals surface area contributed by atoms with E-state index < -0.39 is 16.6 Å². The molecule has 2 aliphatic heterocycles. The molecule has 2 saturated heterocycles. The lowest BCUT2D eigenvalue weighted by Crippen LogP contribution is -2.21. The number of halogens is 4. The maximum Gasteiger partial charge on any atom is 0.311 e. The Bertz CT molecular complexity index is 2620. The standard InChI is InChI=1S/C21H19ClFN5O3.C21H21ClFN5O/c1-27-7-13-14(8-27)15(13)9-31-20-6-18-12(5-19(20)28(29)30)21(25-10-24-18)26-11-2-3-17(23)16(22)4-11;1-28-7-13-14(8-28)15(13)9-29-20-6-19-12(5-18(20)24)21(26-10-25-19)27-11-2-3-17(23)16(22)4-11/h2-6,10,13-15H,7-9H2,1H3,(H,24,25,26);2-6,10,13-15H,7-9,24H2,1H3,(H,25,26,27). The van der Waals surface area contributed by atoms with Crippen molar-refractivity contribution < 1.29 is 23.2 Å². The second kappa shape index (κ2) is 16.1. The van der Waals surface area contributed by atoms with Crippen molar-refractivity contribution >= 4 is 79.4 Å². The van der Waals surface area contributed by atoms with Gasteiger partial charge in [-0.2, -0.15) is 0 Å². The van der Waals surface area contributed by atoms with Gasteiger partial charge in [0.05, 0.1) is 50.3 Å². The molecule has 0 spiro atoms. The van der Waals surface area contributed by atoms with E-state index >= 15 is 0 Å². The zero-order valence-corrected chi connectivity index (χ0v) is 34.0. The zero-order chi connectivity index (χ0) is 41.8. The summed E-state index contributed by atoms with van der Waals surface area (Å²) >= 11 is 11.7. The van der Waals surface area contributed by atoms with Crippen molar-refractivity contribution in [2.24, 2.45) is 35.5 Å². The summed E-state index contributed by atoms with van der Waals surface area (Å²) in [7, 11) is 4.26. The van der Waals surface area contributed by atoms with Gasteiger partial charge in [0.15, 0.2) is 5.75 Å². The number of nitrogens with one attached hydrogen (secondary N) is 2. The van der Waals surface area contributed by atoms with Crippen molar-refractivity contribution in [3.05, 3.63) is 105 Å². The third kappa shape index (κ3) is 8.11. The number of nitro benzene ring substituents is 1. The summed E-state index contributed by atoms with van der Waals surface area (Å²) in [5, 5.41) is 19.1. The molecule has 10 rings (SSSR count). The number of nitrogen functional groups attached to an aromatic ring is 1. The number of rotatable bonds is 11. The molecule has 4 fully saturated rings. The van der Waals surface area contributed by atoms with Gasteiger partial charge in [-0.3, -0.25) is 10.1 Å². The second-order valence-corrected chi connectivity index (χ2v) is 16.8. The maximum absolute atomic E-state index is 13.4. The number of fused-ring (bicyclic) bond motifs is 4. The van der Waals surface area contributed by atoms with E-state index in [4.69, 9.17) is 38.4 Å². The number of ether oxygens (including phenoxy) is 2. The van der Waals surface area contributed by atoms with Crippen LogP contribution in [0.4, 0.5) is 43.2 Å². The van der Waals surface area contributed by atoms with Gasteiger partial charge in [0.25, 0.3) is 0 Å². The van der Waals surface area contributed by atoms with Crippen LogP contribution in [0.1, 0.15) is 0 Å². The Morgan fingerprint density at radius 1 is 0.717 bits per heavy atom. The monoisotopic (exact) mass is 856 g/mol. The molecule has 6 aromatic rings. The Morgan fingerprint density at radius 2 is 1.17 bits per heavy atom. The average Bonchev–Trinajstić information content (AvgIpc) is 3.90. The minimum atomic E-state index is -0.538. The summed E-state index contributed by atoms with van der Waals surface area (Å²) in [4.78, 5) is 33.0. The first-order valence-corrected chi connectivity index (χ1v) is 20.2. The fourth-order valence-electron chi connectivity index (χ4n) is 8.76. The van der Waals surface area contributed by atoms with Gasteiger partial charge >= 0.3 is 5.69 Å². The van der Waals surface area contributed by atoms with Gasteiger partial charge in [-0.05, 0) is 80.2 Å². The first-order valence-electron chi connectivity index (χ1n) is 19.4. The molecule has 310 valence electrons. The number of nitro groups is 1. The number of likely N-dealkylation sites (tertiary alicyclic amines) is 2. The number of aromatic nitrogens is 4. The van der Waals surface area contributed by atoms with Crippen molar-refractivity contribution in [2.75, 3.05) is 69.9 Å².